The predicted octanol–water partition coefficient (Wildman–Crippen LogP) is 0.877. The van der Waals surface area contributed by atoms with Gasteiger partial charge in [0.2, 0.25) is 5.91 Å². The first kappa shape index (κ1) is 14.8. The minimum Gasteiger partial charge on any atom is -0.396 e. The fourth-order valence-electron chi connectivity index (χ4n) is 1.67. The Balaban J connectivity index is 2.30. The van der Waals surface area contributed by atoms with Crippen LogP contribution in [0, 0.1) is 0 Å². The molecular formula is C12H24N2O2S. The van der Waals surface area contributed by atoms with Gasteiger partial charge in [0.05, 0.1) is 5.54 Å². The Hall–Kier alpha value is -0.260. The molecule has 0 aromatic carbocycles. The van der Waals surface area contributed by atoms with Gasteiger partial charge in [-0.15, -0.1) is 0 Å². The number of nitrogens with two attached hydrogens (primary N) is 1. The maximum Gasteiger partial charge on any atom is 0.237 e. The van der Waals surface area contributed by atoms with Crippen molar-refractivity contribution in [3.8, 4) is 0 Å². The second-order valence-electron chi connectivity index (χ2n) is 5.06. The van der Waals surface area contributed by atoms with Crippen LogP contribution in [0.1, 0.15) is 39.5 Å². The monoisotopic (exact) mass is 260 g/mol. The van der Waals surface area contributed by atoms with E-state index in [0.717, 1.165) is 31.4 Å². The van der Waals surface area contributed by atoms with E-state index in [9.17, 15) is 4.79 Å². The van der Waals surface area contributed by atoms with Gasteiger partial charge < -0.3 is 16.2 Å². The van der Waals surface area contributed by atoms with E-state index in [1.807, 2.05) is 6.92 Å². The van der Waals surface area contributed by atoms with Crippen molar-refractivity contribution in [2.75, 3.05) is 12.4 Å². The number of thioether (sulfide) groups is 1. The highest BCUT2D eigenvalue weighted by molar-refractivity contribution is 7.99. The van der Waals surface area contributed by atoms with Crippen LogP contribution in [0.15, 0.2) is 0 Å². The fourth-order valence-corrected chi connectivity index (χ4v) is 2.87. The molecule has 0 aromatic rings. The Labute approximate surface area is 108 Å². The van der Waals surface area contributed by atoms with Crippen LogP contribution in [0.4, 0.5) is 0 Å². The topological polar surface area (TPSA) is 75.3 Å². The Morgan fingerprint density at radius 2 is 2.29 bits per heavy atom. The molecule has 0 radical (unpaired) electrons. The second kappa shape index (κ2) is 6.61. The number of rotatable bonds is 9. The van der Waals surface area contributed by atoms with Crippen LogP contribution in [0.5, 0.6) is 0 Å². The van der Waals surface area contributed by atoms with Crippen LogP contribution in [-0.2, 0) is 4.79 Å². The van der Waals surface area contributed by atoms with Crippen LogP contribution in [0.2, 0.25) is 0 Å². The summed E-state index contributed by atoms with van der Waals surface area (Å²) in [4.78, 5) is 11.5. The SMILES string of the molecule is CC(CCO)SCCC(C)(NC1CC1)C(N)=O. The number of carbonyl (C=O) groups excluding carboxylic acids is 1. The molecule has 100 valence electrons. The van der Waals surface area contributed by atoms with E-state index in [0.29, 0.717) is 11.3 Å². The van der Waals surface area contributed by atoms with Gasteiger partial charge in [0.1, 0.15) is 0 Å². The van der Waals surface area contributed by atoms with E-state index in [-0.39, 0.29) is 12.5 Å². The summed E-state index contributed by atoms with van der Waals surface area (Å²) in [7, 11) is 0. The molecule has 0 saturated heterocycles. The molecule has 2 atom stereocenters. The summed E-state index contributed by atoms with van der Waals surface area (Å²) in [6.45, 7) is 4.21. The molecular weight excluding hydrogens is 236 g/mol. The average Bonchev–Trinajstić information content (AvgIpc) is 3.01. The fraction of sp³-hybridized carbons (Fsp3) is 0.917. The van der Waals surface area contributed by atoms with E-state index in [4.69, 9.17) is 10.8 Å². The van der Waals surface area contributed by atoms with Crippen molar-refractivity contribution >= 4 is 17.7 Å². The predicted molar refractivity (Wildman–Crippen MR) is 72.0 cm³/mol. The molecule has 0 aromatic heterocycles. The molecule has 0 heterocycles. The largest absolute Gasteiger partial charge is 0.396 e. The Morgan fingerprint density at radius 3 is 2.76 bits per heavy atom. The lowest BCUT2D eigenvalue weighted by molar-refractivity contribution is -0.124. The quantitative estimate of drug-likeness (QED) is 0.575. The molecule has 0 bridgehead atoms. The molecule has 1 aliphatic carbocycles. The first-order valence-electron chi connectivity index (χ1n) is 6.28. The zero-order valence-corrected chi connectivity index (χ0v) is 11.6. The highest BCUT2D eigenvalue weighted by Crippen LogP contribution is 2.26. The maximum atomic E-state index is 11.5. The van der Waals surface area contributed by atoms with Crippen molar-refractivity contribution in [1.29, 1.82) is 0 Å². The molecule has 2 unspecified atom stereocenters. The van der Waals surface area contributed by atoms with Crippen molar-refractivity contribution in [2.24, 2.45) is 5.73 Å². The Morgan fingerprint density at radius 1 is 1.65 bits per heavy atom. The summed E-state index contributed by atoms with van der Waals surface area (Å²) in [5.74, 6) is 0.625. The molecule has 0 spiro atoms. The number of primary amides is 1. The average molecular weight is 260 g/mol. The normalized spacial score (nSPS) is 20.9. The van der Waals surface area contributed by atoms with E-state index in [2.05, 4.69) is 12.2 Å². The minimum atomic E-state index is -0.576. The zero-order valence-electron chi connectivity index (χ0n) is 10.7. The number of aliphatic hydroxyl groups is 1. The summed E-state index contributed by atoms with van der Waals surface area (Å²) in [6, 6.07) is 0.479. The Bertz CT molecular complexity index is 259. The number of amides is 1. The van der Waals surface area contributed by atoms with Gasteiger partial charge in [-0.25, -0.2) is 0 Å². The van der Waals surface area contributed by atoms with Crippen molar-refractivity contribution in [2.45, 2.75) is 56.4 Å². The minimum absolute atomic E-state index is 0.224. The number of hydrogen-bond donors (Lipinski definition) is 3. The standard InChI is InChI=1S/C12H24N2O2S/c1-9(5-7-15)17-8-6-12(2,11(13)16)14-10-3-4-10/h9-10,14-15H,3-8H2,1-2H3,(H2,13,16). The molecule has 5 heteroatoms. The summed E-state index contributed by atoms with van der Waals surface area (Å²) >= 11 is 1.78. The van der Waals surface area contributed by atoms with Crippen LogP contribution >= 0.6 is 11.8 Å². The van der Waals surface area contributed by atoms with Gasteiger partial charge in [-0.1, -0.05) is 6.92 Å². The molecule has 1 saturated carbocycles. The zero-order chi connectivity index (χ0) is 12.9. The summed E-state index contributed by atoms with van der Waals surface area (Å²) < 4.78 is 0. The molecule has 17 heavy (non-hydrogen) atoms. The van der Waals surface area contributed by atoms with Gasteiger partial charge in [0, 0.05) is 17.9 Å². The highest BCUT2D eigenvalue weighted by atomic mass is 32.2. The lowest BCUT2D eigenvalue weighted by Crippen LogP contribution is -2.54. The third-order valence-corrected chi connectivity index (χ3v) is 4.43. The van der Waals surface area contributed by atoms with Gasteiger partial charge in [0.15, 0.2) is 0 Å². The Kier molecular flexibility index (Phi) is 5.76. The first-order valence-corrected chi connectivity index (χ1v) is 7.33. The molecule has 4 N–H and O–H groups in total. The summed E-state index contributed by atoms with van der Waals surface area (Å²) in [5, 5.41) is 12.6. The summed E-state index contributed by atoms with van der Waals surface area (Å²) in [5.41, 5.74) is 4.90. The van der Waals surface area contributed by atoms with Crippen LogP contribution in [-0.4, -0.2) is 40.2 Å². The number of carbonyl (C=O) groups is 1. The number of hydrogen-bond acceptors (Lipinski definition) is 4. The second-order valence-corrected chi connectivity index (χ2v) is 6.60. The van der Waals surface area contributed by atoms with Gasteiger partial charge >= 0.3 is 0 Å². The van der Waals surface area contributed by atoms with E-state index >= 15 is 0 Å². The molecule has 4 nitrogen and oxygen atoms in total. The highest BCUT2D eigenvalue weighted by Gasteiger charge is 2.36. The van der Waals surface area contributed by atoms with Crippen LogP contribution in [0.3, 0.4) is 0 Å². The van der Waals surface area contributed by atoms with E-state index in [1.54, 1.807) is 11.8 Å². The lowest BCUT2D eigenvalue weighted by Gasteiger charge is -2.28. The third-order valence-electron chi connectivity index (χ3n) is 3.18. The van der Waals surface area contributed by atoms with E-state index in [1.165, 1.54) is 0 Å². The molecule has 0 aliphatic heterocycles. The first-order chi connectivity index (χ1) is 7.98. The van der Waals surface area contributed by atoms with Crippen molar-refractivity contribution < 1.29 is 9.90 Å². The number of nitrogens with one attached hydrogen (secondary N) is 1. The molecule has 1 aliphatic rings. The molecule has 1 amide bonds. The van der Waals surface area contributed by atoms with Crippen LogP contribution in [0.25, 0.3) is 0 Å². The van der Waals surface area contributed by atoms with Gasteiger partial charge in [-0.3, -0.25) is 4.79 Å². The molecule has 1 fully saturated rings. The lowest BCUT2D eigenvalue weighted by atomic mass is 9.98. The van der Waals surface area contributed by atoms with E-state index < -0.39 is 5.54 Å². The third kappa shape index (κ3) is 5.27. The van der Waals surface area contributed by atoms with Crippen molar-refractivity contribution in [1.82, 2.24) is 5.32 Å². The van der Waals surface area contributed by atoms with Crippen molar-refractivity contribution in [3.05, 3.63) is 0 Å². The smallest absolute Gasteiger partial charge is 0.237 e. The van der Waals surface area contributed by atoms with Gasteiger partial charge in [-0.05, 0) is 38.4 Å². The number of aliphatic hydroxyl groups excluding tert-OH is 1. The van der Waals surface area contributed by atoms with Gasteiger partial charge in [-0.2, -0.15) is 11.8 Å². The van der Waals surface area contributed by atoms with Gasteiger partial charge in [0.25, 0.3) is 0 Å². The van der Waals surface area contributed by atoms with Crippen LogP contribution < -0.4 is 11.1 Å². The summed E-state index contributed by atoms with van der Waals surface area (Å²) in [6.07, 6.45) is 3.85. The van der Waals surface area contributed by atoms with Crippen molar-refractivity contribution in [3.63, 3.8) is 0 Å². The maximum absolute atomic E-state index is 11.5. The molecule has 1 rings (SSSR count).